The van der Waals surface area contributed by atoms with Gasteiger partial charge in [-0.2, -0.15) is 0 Å². The Morgan fingerprint density at radius 2 is 1.78 bits per heavy atom. The minimum atomic E-state index is -0.422. The molecule has 11 atom stereocenters. The standard InChI is InChI=1S/C29H50O3/c1-7-19(17(2)3)14-26(31)18(4)23-10-11-24-22-9-8-20-15-21(30)16-27(32)29(20,6)25(22)12-13-28(23,24)5/h8,17-19,21-27,30-32H,7,9-16H2,1-6H3/t18-,19-,21+,22?,23+,24?,25?,26+,27-,28+,29-/m0/s1. The minimum absolute atomic E-state index is 0.154. The Morgan fingerprint density at radius 1 is 1.06 bits per heavy atom. The van der Waals surface area contributed by atoms with Crippen LogP contribution in [0.2, 0.25) is 0 Å². The summed E-state index contributed by atoms with van der Waals surface area (Å²) in [6, 6.07) is 0. The molecule has 0 spiro atoms. The molecule has 32 heavy (non-hydrogen) atoms. The van der Waals surface area contributed by atoms with Crippen molar-refractivity contribution in [3.8, 4) is 0 Å². The molecule has 4 aliphatic rings. The van der Waals surface area contributed by atoms with E-state index >= 15 is 0 Å². The first-order chi connectivity index (χ1) is 15.0. The molecule has 3 saturated carbocycles. The van der Waals surface area contributed by atoms with Crippen molar-refractivity contribution in [1.29, 1.82) is 0 Å². The van der Waals surface area contributed by atoms with Crippen LogP contribution in [0.1, 0.15) is 99.3 Å². The van der Waals surface area contributed by atoms with Gasteiger partial charge in [-0.05, 0) is 91.8 Å². The Bertz CT molecular complexity index is 701. The van der Waals surface area contributed by atoms with E-state index in [0.29, 0.717) is 53.3 Å². The Kier molecular flexibility index (Phi) is 6.96. The van der Waals surface area contributed by atoms with Crippen LogP contribution in [0.15, 0.2) is 11.6 Å². The van der Waals surface area contributed by atoms with Crippen molar-refractivity contribution in [3.05, 3.63) is 11.6 Å². The molecule has 3 nitrogen and oxygen atoms in total. The Labute approximate surface area is 197 Å². The van der Waals surface area contributed by atoms with Crippen LogP contribution in [-0.2, 0) is 0 Å². The first-order valence-electron chi connectivity index (χ1n) is 13.8. The number of hydrogen-bond acceptors (Lipinski definition) is 3. The van der Waals surface area contributed by atoms with Crippen molar-refractivity contribution in [2.24, 2.45) is 52.3 Å². The van der Waals surface area contributed by atoms with Crippen LogP contribution in [-0.4, -0.2) is 33.6 Å². The lowest BCUT2D eigenvalue weighted by atomic mass is 9.46. The van der Waals surface area contributed by atoms with Gasteiger partial charge >= 0.3 is 0 Å². The third-order valence-corrected chi connectivity index (χ3v) is 11.5. The molecule has 3 N–H and O–H groups in total. The number of aliphatic hydroxyl groups is 3. The van der Waals surface area contributed by atoms with Gasteiger partial charge < -0.3 is 15.3 Å². The van der Waals surface area contributed by atoms with Crippen LogP contribution in [0, 0.1) is 52.3 Å². The summed E-state index contributed by atoms with van der Waals surface area (Å²) in [7, 11) is 0. The minimum Gasteiger partial charge on any atom is -0.393 e. The molecular weight excluding hydrogens is 396 g/mol. The van der Waals surface area contributed by atoms with E-state index < -0.39 is 6.10 Å². The summed E-state index contributed by atoms with van der Waals surface area (Å²) < 4.78 is 0. The van der Waals surface area contributed by atoms with Gasteiger partial charge in [0.15, 0.2) is 0 Å². The van der Waals surface area contributed by atoms with E-state index in [1.807, 2.05) is 0 Å². The molecule has 0 aliphatic heterocycles. The summed E-state index contributed by atoms with van der Waals surface area (Å²) in [6.45, 7) is 14.0. The van der Waals surface area contributed by atoms with E-state index in [1.165, 1.54) is 31.3 Å². The summed E-state index contributed by atoms with van der Waals surface area (Å²) in [5, 5.41) is 32.6. The van der Waals surface area contributed by atoms with Gasteiger partial charge in [-0.25, -0.2) is 0 Å². The summed E-state index contributed by atoms with van der Waals surface area (Å²) >= 11 is 0. The van der Waals surface area contributed by atoms with E-state index in [0.717, 1.165) is 25.7 Å². The molecule has 0 aromatic heterocycles. The maximum absolute atomic E-state index is 11.3. The lowest BCUT2D eigenvalue weighted by molar-refractivity contribution is -0.111. The van der Waals surface area contributed by atoms with Crippen LogP contribution in [0.5, 0.6) is 0 Å². The average molecular weight is 447 g/mol. The van der Waals surface area contributed by atoms with Crippen molar-refractivity contribution >= 4 is 0 Å². The fourth-order valence-corrected chi connectivity index (χ4v) is 9.31. The van der Waals surface area contributed by atoms with E-state index in [4.69, 9.17) is 0 Å². The topological polar surface area (TPSA) is 60.7 Å². The second-order valence-corrected chi connectivity index (χ2v) is 13.0. The predicted molar refractivity (Wildman–Crippen MR) is 131 cm³/mol. The van der Waals surface area contributed by atoms with Crippen LogP contribution >= 0.6 is 0 Å². The smallest absolute Gasteiger partial charge is 0.0658 e. The van der Waals surface area contributed by atoms with Gasteiger partial charge in [0.05, 0.1) is 18.3 Å². The van der Waals surface area contributed by atoms with Crippen molar-refractivity contribution in [3.63, 3.8) is 0 Å². The van der Waals surface area contributed by atoms with Crippen LogP contribution in [0.4, 0.5) is 0 Å². The molecule has 0 aromatic rings. The largest absolute Gasteiger partial charge is 0.393 e. The molecule has 4 aliphatic carbocycles. The third-order valence-electron chi connectivity index (χ3n) is 11.5. The van der Waals surface area contributed by atoms with Gasteiger partial charge in [0.25, 0.3) is 0 Å². The highest BCUT2D eigenvalue weighted by molar-refractivity contribution is 5.27. The SMILES string of the molecule is CC[C@@H](C[C@@H](O)[C@@H](C)[C@H]1CCC2C3CC=C4C[C@@H](O)C[C@H](O)[C@]4(C)C3CC[C@@]21C)C(C)C. The highest BCUT2D eigenvalue weighted by Gasteiger charge is 2.61. The van der Waals surface area contributed by atoms with Crippen molar-refractivity contribution in [2.75, 3.05) is 0 Å². The summed E-state index contributed by atoms with van der Waals surface area (Å²) in [4.78, 5) is 0. The highest BCUT2D eigenvalue weighted by Crippen LogP contribution is 2.67. The van der Waals surface area contributed by atoms with Crippen LogP contribution in [0.25, 0.3) is 0 Å². The Morgan fingerprint density at radius 3 is 2.44 bits per heavy atom. The quantitative estimate of drug-likeness (QED) is 0.441. The lowest BCUT2D eigenvalue weighted by Gasteiger charge is -2.59. The normalized spacial score (nSPS) is 46.6. The zero-order valence-electron chi connectivity index (χ0n) is 21.6. The maximum Gasteiger partial charge on any atom is 0.0658 e. The molecule has 0 saturated heterocycles. The first kappa shape index (κ1) is 24.7. The average Bonchev–Trinajstić information content (AvgIpc) is 3.09. The molecule has 0 bridgehead atoms. The van der Waals surface area contributed by atoms with Gasteiger partial charge in [-0.15, -0.1) is 0 Å². The molecule has 0 radical (unpaired) electrons. The van der Waals surface area contributed by atoms with Gasteiger partial charge in [0.1, 0.15) is 0 Å². The van der Waals surface area contributed by atoms with E-state index in [2.05, 4.69) is 47.6 Å². The van der Waals surface area contributed by atoms with Gasteiger partial charge in [0.2, 0.25) is 0 Å². The highest BCUT2D eigenvalue weighted by atomic mass is 16.3. The van der Waals surface area contributed by atoms with Crippen LogP contribution in [0.3, 0.4) is 0 Å². The van der Waals surface area contributed by atoms with Crippen molar-refractivity contribution in [2.45, 2.75) is 118 Å². The Balaban J connectivity index is 1.53. The molecule has 4 rings (SSSR count). The maximum atomic E-state index is 11.3. The molecule has 184 valence electrons. The fourth-order valence-electron chi connectivity index (χ4n) is 9.31. The predicted octanol–water partition coefficient (Wildman–Crippen LogP) is 5.97. The van der Waals surface area contributed by atoms with E-state index in [9.17, 15) is 15.3 Å². The molecule has 0 aromatic carbocycles. The molecule has 3 heteroatoms. The monoisotopic (exact) mass is 446 g/mol. The first-order valence-corrected chi connectivity index (χ1v) is 13.8. The van der Waals surface area contributed by atoms with E-state index in [1.54, 1.807) is 0 Å². The molecular formula is C29H50O3. The van der Waals surface area contributed by atoms with Crippen molar-refractivity contribution < 1.29 is 15.3 Å². The van der Waals surface area contributed by atoms with E-state index in [-0.39, 0.29) is 17.6 Å². The number of allylic oxidation sites excluding steroid dienone is 1. The lowest BCUT2D eigenvalue weighted by Crippen LogP contribution is -2.55. The molecule has 0 amide bonds. The summed E-state index contributed by atoms with van der Waals surface area (Å²) in [6.07, 6.45) is 10.8. The second kappa shape index (κ2) is 9.00. The van der Waals surface area contributed by atoms with Crippen LogP contribution < -0.4 is 0 Å². The Hall–Kier alpha value is -0.380. The number of hydrogen-bond donors (Lipinski definition) is 3. The zero-order chi connectivity index (χ0) is 23.4. The van der Waals surface area contributed by atoms with Gasteiger partial charge in [-0.3, -0.25) is 0 Å². The zero-order valence-corrected chi connectivity index (χ0v) is 21.6. The van der Waals surface area contributed by atoms with Gasteiger partial charge in [-0.1, -0.05) is 59.6 Å². The summed E-state index contributed by atoms with van der Waals surface area (Å²) in [5.41, 5.74) is 1.48. The molecule has 0 heterocycles. The second-order valence-electron chi connectivity index (χ2n) is 13.0. The third kappa shape index (κ3) is 3.83. The number of aliphatic hydroxyl groups excluding tert-OH is 3. The van der Waals surface area contributed by atoms with Gasteiger partial charge in [0, 0.05) is 11.8 Å². The molecule has 3 unspecified atom stereocenters. The number of rotatable bonds is 6. The number of fused-ring (bicyclic) bond motifs is 5. The fraction of sp³-hybridized carbons (Fsp3) is 0.931. The van der Waals surface area contributed by atoms with Crippen molar-refractivity contribution in [1.82, 2.24) is 0 Å². The summed E-state index contributed by atoms with van der Waals surface area (Å²) in [5.74, 6) is 4.07. The molecule has 3 fully saturated rings.